The number of ether oxygens (including phenoxy) is 2. The van der Waals surface area contributed by atoms with Gasteiger partial charge in [0.2, 0.25) is 0 Å². The van der Waals surface area contributed by atoms with Crippen molar-refractivity contribution in [3.05, 3.63) is 40.3 Å². The van der Waals surface area contributed by atoms with E-state index in [2.05, 4.69) is 16.0 Å². The average Bonchev–Trinajstić information content (AvgIpc) is 3.18. The highest BCUT2D eigenvalue weighted by molar-refractivity contribution is 7.09. The van der Waals surface area contributed by atoms with Crippen molar-refractivity contribution in [2.45, 2.75) is 18.9 Å². The van der Waals surface area contributed by atoms with Gasteiger partial charge < -0.3 is 9.47 Å². The first-order chi connectivity index (χ1) is 10.3. The Hall–Kier alpha value is -1.59. The van der Waals surface area contributed by atoms with E-state index in [1.807, 2.05) is 23.8 Å². The number of nitrogens with zero attached hydrogens (tertiary/aromatic N) is 2. The van der Waals surface area contributed by atoms with Crippen LogP contribution in [0.15, 0.2) is 29.9 Å². The normalized spacial score (nSPS) is 18.9. The minimum Gasteiger partial charge on any atom is -0.493 e. The lowest BCUT2D eigenvalue weighted by molar-refractivity contribution is 0.325. The summed E-state index contributed by atoms with van der Waals surface area (Å²) in [4.78, 5) is 7.96. The number of para-hydroxylation sites is 1. The molecule has 3 rings (SSSR count). The third kappa shape index (κ3) is 3.04. The van der Waals surface area contributed by atoms with Gasteiger partial charge in [-0.15, -0.1) is 11.3 Å². The van der Waals surface area contributed by atoms with Crippen molar-refractivity contribution in [2.24, 2.45) is 0 Å². The number of hydrogen-bond donors (Lipinski definition) is 0. The smallest absolute Gasteiger partial charge is 0.164 e. The maximum Gasteiger partial charge on any atom is 0.164 e. The molecule has 5 heteroatoms. The van der Waals surface area contributed by atoms with Crippen molar-refractivity contribution in [1.82, 2.24) is 9.88 Å². The predicted octanol–water partition coefficient (Wildman–Crippen LogP) is 3.15. The molecule has 0 unspecified atom stereocenters. The fraction of sp³-hybridized carbons (Fsp3) is 0.438. The summed E-state index contributed by atoms with van der Waals surface area (Å²) in [6.45, 7) is 3.16. The summed E-state index contributed by atoms with van der Waals surface area (Å²) >= 11 is 1.72. The van der Waals surface area contributed by atoms with Gasteiger partial charge in [0.05, 0.1) is 19.7 Å². The first kappa shape index (κ1) is 14.4. The van der Waals surface area contributed by atoms with Crippen LogP contribution < -0.4 is 9.47 Å². The largest absolute Gasteiger partial charge is 0.493 e. The van der Waals surface area contributed by atoms with E-state index in [0.717, 1.165) is 37.6 Å². The van der Waals surface area contributed by atoms with E-state index < -0.39 is 0 Å². The van der Waals surface area contributed by atoms with Crippen molar-refractivity contribution in [3.63, 3.8) is 0 Å². The molecule has 1 saturated heterocycles. The summed E-state index contributed by atoms with van der Waals surface area (Å²) < 4.78 is 11.0. The van der Waals surface area contributed by atoms with Gasteiger partial charge in [-0.25, -0.2) is 0 Å². The van der Waals surface area contributed by atoms with Gasteiger partial charge >= 0.3 is 0 Å². The van der Waals surface area contributed by atoms with E-state index in [4.69, 9.17) is 9.47 Å². The Bertz CT molecular complexity index is 586. The molecule has 0 amide bonds. The molecule has 0 saturated carbocycles. The SMILES string of the molecule is COc1cccc([C@H]2CCN(Cc3cncs3)C2)c1OC. The Morgan fingerprint density at radius 1 is 1.33 bits per heavy atom. The molecule has 21 heavy (non-hydrogen) atoms. The first-order valence-electron chi connectivity index (χ1n) is 7.12. The van der Waals surface area contributed by atoms with E-state index in [1.54, 1.807) is 25.6 Å². The Balaban J connectivity index is 1.74. The van der Waals surface area contributed by atoms with Crippen LogP contribution >= 0.6 is 11.3 Å². The molecule has 1 aromatic carbocycles. The number of aromatic nitrogens is 1. The molecule has 1 atom stereocenters. The van der Waals surface area contributed by atoms with E-state index >= 15 is 0 Å². The quantitative estimate of drug-likeness (QED) is 0.850. The summed E-state index contributed by atoms with van der Waals surface area (Å²) in [6.07, 6.45) is 3.12. The molecule has 1 fully saturated rings. The Kier molecular flexibility index (Phi) is 4.41. The zero-order valence-electron chi connectivity index (χ0n) is 12.4. The molecule has 1 aliphatic heterocycles. The summed E-state index contributed by atoms with van der Waals surface area (Å²) in [5, 5.41) is 0. The molecule has 2 aromatic rings. The van der Waals surface area contributed by atoms with Gasteiger partial charge in [0.25, 0.3) is 0 Å². The maximum absolute atomic E-state index is 5.57. The molecule has 0 spiro atoms. The number of methoxy groups -OCH3 is 2. The number of hydrogen-bond acceptors (Lipinski definition) is 5. The minimum absolute atomic E-state index is 0.503. The van der Waals surface area contributed by atoms with E-state index in [9.17, 15) is 0 Å². The number of thiazole rings is 1. The molecule has 0 bridgehead atoms. The van der Waals surface area contributed by atoms with E-state index in [0.29, 0.717) is 5.92 Å². The monoisotopic (exact) mass is 304 g/mol. The summed E-state index contributed by atoms with van der Waals surface area (Å²) in [5.41, 5.74) is 3.15. The molecule has 4 nitrogen and oxygen atoms in total. The van der Waals surface area contributed by atoms with Crippen LogP contribution in [0.25, 0.3) is 0 Å². The lowest BCUT2D eigenvalue weighted by Crippen LogP contribution is -2.19. The van der Waals surface area contributed by atoms with Crippen LogP contribution in [0.4, 0.5) is 0 Å². The van der Waals surface area contributed by atoms with Gasteiger partial charge in [-0.1, -0.05) is 12.1 Å². The molecule has 0 radical (unpaired) electrons. The zero-order valence-corrected chi connectivity index (χ0v) is 13.2. The molecule has 0 aliphatic carbocycles. The molecule has 0 N–H and O–H groups in total. The lowest BCUT2D eigenvalue weighted by Gasteiger charge is -2.18. The molecular weight excluding hydrogens is 284 g/mol. The van der Waals surface area contributed by atoms with Crippen LogP contribution in [0, 0.1) is 0 Å². The highest BCUT2D eigenvalue weighted by Crippen LogP contribution is 2.39. The first-order valence-corrected chi connectivity index (χ1v) is 8.00. The number of benzene rings is 1. The Morgan fingerprint density at radius 2 is 2.24 bits per heavy atom. The number of rotatable bonds is 5. The van der Waals surface area contributed by atoms with Crippen LogP contribution in [0.3, 0.4) is 0 Å². The predicted molar refractivity (Wildman–Crippen MR) is 84.3 cm³/mol. The van der Waals surface area contributed by atoms with Gasteiger partial charge in [0.15, 0.2) is 11.5 Å². The minimum atomic E-state index is 0.503. The van der Waals surface area contributed by atoms with Gasteiger partial charge in [-0.2, -0.15) is 0 Å². The van der Waals surface area contributed by atoms with Crippen molar-refractivity contribution < 1.29 is 9.47 Å². The molecule has 112 valence electrons. The van der Waals surface area contributed by atoms with Crippen molar-refractivity contribution >= 4 is 11.3 Å². The van der Waals surface area contributed by atoms with E-state index in [-0.39, 0.29) is 0 Å². The molecular formula is C16H20N2O2S. The van der Waals surface area contributed by atoms with Crippen LogP contribution in [-0.2, 0) is 6.54 Å². The highest BCUT2D eigenvalue weighted by Gasteiger charge is 2.27. The van der Waals surface area contributed by atoms with E-state index in [1.165, 1.54) is 10.4 Å². The zero-order chi connectivity index (χ0) is 14.7. The van der Waals surface area contributed by atoms with Crippen LogP contribution in [0.5, 0.6) is 11.5 Å². The third-order valence-corrected chi connectivity index (χ3v) is 4.77. The van der Waals surface area contributed by atoms with Crippen LogP contribution in [-0.4, -0.2) is 37.2 Å². The van der Waals surface area contributed by atoms with Gasteiger partial charge in [0, 0.05) is 35.6 Å². The summed E-state index contributed by atoms with van der Waals surface area (Å²) in [6, 6.07) is 6.15. The summed E-state index contributed by atoms with van der Waals surface area (Å²) in [5.74, 6) is 2.20. The highest BCUT2D eigenvalue weighted by atomic mass is 32.1. The summed E-state index contributed by atoms with van der Waals surface area (Å²) in [7, 11) is 3.40. The fourth-order valence-electron chi connectivity index (χ4n) is 3.00. The lowest BCUT2D eigenvalue weighted by atomic mass is 9.97. The third-order valence-electron chi connectivity index (χ3n) is 4.01. The second-order valence-electron chi connectivity index (χ2n) is 5.27. The number of likely N-dealkylation sites (tertiary alicyclic amines) is 1. The molecule has 1 aromatic heterocycles. The maximum atomic E-state index is 5.57. The second-order valence-corrected chi connectivity index (χ2v) is 6.24. The van der Waals surface area contributed by atoms with Gasteiger partial charge in [0.1, 0.15) is 0 Å². The topological polar surface area (TPSA) is 34.6 Å². The molecule has 1 aliphatic rings. The van der Waals surface area contributed by atoms with Crippen molar-refractivity contribution in [3.8, 4) is 11.5 Å². The van der Waals surface area contributed by atoms with Crippen LogP contribution in [0.2, 0.25) is 0 Å². The Morgan fingerprint density at radius 3 is 2.95 bits per heavy atom. The second kappa shape index (κ2) is 6.45. The fourth-order valence-corrected chi connectivity index (χ4v) is 3.64. The Labute approximate surface area is 129 Å². The van der Waals surface area contributed by atoms with Gasteiger partial charge in [-0.3, -0.25) is 9.88 Å². The van der Waals surface area contributed by atoms with Crippen molar-refractivity contribution in [1.29, 1.82) is 0 Å². The standard InChI is InChI=1S/C16H20N2O2S/c1-19-15-5-3-4-14(16(15)20-2)12-6-7-18(9-12)10-13-8-17-11-21-13/h3-5,8,11-12H,6-7,9-10H2,1-2H3/t12-/m0/s1. The molecule has 2 heterocycles. The van der Waals surface area contributed by atoms with Crippen molar-refractivity contribution in [2.75, 3.05) is 27.3 Å². The van der Waals surface area contributed by atoms with Crippen LogP contribution in [0.1, 0.15) is 22.8 Å². The van der Waals surface area contributed by atoms with Gasteiger partial charge in [-0.05, 0) is 19.0 Å². The average molecular weight is 304 g/mol.